The number of ether oxygens (including phenoxy) is 2. The number of methoxy groups -OCH3 is 1. The van der Waals surface area contributed by atoms with Crippen molar-refractivity contribution in [2.24, 2.45) is 0 Å². The Morgan fingerprint density at radius 2 is 2.40 bits per heavy atom. The van der Waals surface area contributed by atoms with Crippen LogP contribution in [0.4, 0.5) is 4.39 Å². The van der Waals surface area contributed by atoms with E-state index in [0.717, 1.165) is 30.8 Å². The number of imidazole rings is 1. The minimum atomic E-state index is -0.411. The molecule has 0 bridgehead atoms. The highest BCUT2D eigenvalue weighted by Crippen LogP contribution is 2.31. The number of benzene rings is 1. The smallest absolute Gasteiger partial charge is 0.167 e. The van der Waals surface area contributed by atoms with Crippen molar-refractivity contribution in [1.29, 1.82) is 0 Å². The molecule has 0 spiro atoms. The molecule has 2 aromatic rings. The third kappa shape index (κ3) is 2.25. The molecule has 1 aliphatic rings. The molecule has 108 valence electrons. The highest BCUT2D eigenvalue weighted by Gasteiger charge is 2.22. The van der Waals surface area contributed by atoms with Gasteiger partial charge in [-0.1, -0.05) is 0 Å². The van der Waals surface area contributed by atoms with Crippen LogP contribution in [0.3, 0.4) is 0 Å². The first-order valence-corrected chi connectivity index (χ1v) is 7.16. The van der Waals surface area contributed by atoms with Crippen molar-refractivity contribution in [2.45, 2.75) is 24.8 Å². The monoisotopic (exact) mass is 298 g/mol. The highest BCUT2D eigenvalue weighted by molar-refractivity contribution is 6.16. The van der Waals surface area contributed by atoms with Gasteiger partial charge in [0.25, 0.3) is 0 Å². The predicted octanol–water partition coefficient (Wildman–Crippen LogP) is 3.27. The summed E-state index contributed by atoms with van der Waals surface area (Å²) in [6.07, 6.45) is 2.01. The van der Waals surface area contributed by atoms with Crippen LogP contribution in [0, 0.1) is 5.82 Å². The van der Waals surface area contributed by atoms with Gasteiger partial charge >= 0.3 is 0 Å². The summed E-state index contributed by atoms with van der Waals surface area (Å²) in [6, 6.07) is 3.27. The number of fused-ring (bicyclic) bond motifs is 1. The molecule has 4 nitrogen and oxygen atoms in total. The summed E-state index contributed by atoms with van der Waals surface area (Å²) >= 11 is 5.99. The lowest BCUT2D eigenvalue weighted by molar-refractivity contribution is 0.0597. The molecule has 1 saturated heterocycles. The Bertz CT molecular complexity index is 623. The van der Waals surface area contributed by atoms with Gasteiger partial charge in [-0.05, 0) is 12.8 Å². The summed E-state index contributed by atoms with van der Waals surface area (Å²) < 4.78 is 26.4. The fraction of sp³-hybridized carbons (Fsp3) is 0.500. The van der Waals surface area contributed by atoms with Gasteiger partial charge in [0.05, 0.1) is 36.7 Å². The molecule has 0 amide bonds. The zero-order valence-corrected chi connectivity index (χ0v) is 12.0. The topological polar surface area (TPSA) is 36.3 Å². The number of aromatic nitrogens is 2. The van der Waals surface area contributed by atoms with Crippen molar-refractivity contribution in [3.63, 3.8) is 0 Å². The van der Waals surface area contributed by atoms with E-state index in [9.17, 15) is 4.39 Å². The minimum Gasteiger partial charge on any atom is -0.494 e. The molecule has 20 heavy (non-hydrogen) atoms. The molecule has 0 aliphatic carbocycles. The molecular formula is C14H16ClFN2O2. The minimum absolute atomic E-state index is 0.192. The third-order valence-electron chi connectivity index (χ3n) is 3.66. The number of halogens is 2. The van der Waals surface area contributed by atoms with Crippen LogP contribution in [0.2, 0.25) is 0 Å². The lowest BCUT2D eigenvalue weighted by Gasteiger charge is -2.25. The molecule has 0 saturated carbocycles. The fourth-order valence-electron chi connectivity index (χ4n) is 2.73. The van der Waals surface area contributed by atoms with Gasteiger partial charge in [-0.3, -0.25) is 0 Å². The average Bonchev–Trinajstić information content (AvgIpc) is 2.84. The second-order valence-corrected chi connectivity index (χ2v) is 5.15. The van der Waals surface area contributed by atoms with Crippen LogP contribution in [-0.2, 0) is 10.6 Å². The SMILES string of the molecule is COc1cc2c(cc1F)nc(CCl)n2C1CCCOC1. The van der Waals surface area contributed by atoms with Crippen molar-refractivity contribution in [3.8, 4) is 5.75 Å². The van der Waals surface area contributed by atoms with Gasteiger partial charge in [0.15, 0.2) is 11.6 Å². The molecule has 2 heterocycles. The van der Waals surface area contributed by atoms with Crippen LogP contribution in [0.5, 0.6) is 5.75 Å². The van der Waals surface area contributed by atoms with Gasteiger partial charge < -0.3 is 14.0 Å². The molecule has 1 aliphatic heterocycles. The molecule has 1 unspecified atom stereocenters. The average molecular weight is 299 g/mol. The summed E-state index contributed by atoms with van der Waals surface area (Å²) in [4.78, 5) is 4.42. The lowest BCUT2D eigenvalue weighted by atomic mass is 10.1. The van der Waals surface area contributed by atoms with Gasteiger partial charge in [-0.15, -0.1) is 11.6 Å². The Hall–Kier alpha value is -1.33. The first-order chi connectivity index (χ1) is 9.74. The van der Waals surface area contributed by atoms with Crippen molar-refractivity contribution in [3.05, 3.63) is 23.8 Å². The Morgan fingerprint density at radius 1 is 1.55 bits per heavy atom. The van der Waals surface area contributed by atoms with Gasteiger partial charge in [0, 0.05) is 18.7 Å². The summed E-state index contributed by atoms with van der Waals surface area (Å²) in [5.41, 5.74) is 1.44. The maximum atomic E-state index is 13.8. The van der Waals surface area contributed by atoms with Gasteiger partial charge in [-0.2, -0.15) is 0 Å². The van der Waals surface area contributed by atoms with E-state index < -0.39 is 5.82 Å². The predicted molar refractivity (Wildman–Crippen MR) is 74.9 cm³/mol. The molecule has 1 aromatic heterocycles. The van der Waals surface area contributed by atoms with E-state index >= 15 is 0 Å². The van der Waals surface area contributed by atoms with Crippen LogP contribution in [0.25, 0.3) is 11.0 Å². The van der Waals surface area contributed by atoms with Crippen molar-refractivity contribution >= 4 is 22.6 Å². The van der Waals surface area contributed by atoms with Gasteiger partial charge in [0.2, 0.25) is 0 Å². The van der Waals surface area contributed by atoms with E-state index in [-0.39, 0.29) is 17.7 Å². The maximum Gasteiger partial charge on any atom is 0.167 e. The normalized spacial score (nSPS) is 19.4. The molecular weight excluding hydrogens is 283 g/mol. The van der Waals surface area contributed by atoms with E-state index in [2.05, 4.69) is 9.55 Å². The summed E-state index contributed by atoms with van der Waals surface area (Å²) in [7, 11) is 1.46. The summed E-state index contributed by atoms with van der Waals surface area (Å²) in [6.45, 7) is 1.42. The van der Waals surface area contributed by atoms with Crippen molar-refractivity contribution in [2.75, 3.05) is 20.3 Å². The number of hydrogen-bond acceptors (Lipinski definition) is 3. The molecule has 1 atom stereocenters. The maximum absolute atomic E-state index is 13.8. The Labute approximate surface area is 121 Å². The van der Waals surface area contributed by atoms with E-state index in [1.54, 1.807) is 6.07 Å². The largest absolute Gasteiger partial charge is 0.494 e. The number of hydrogen-bond donors (Lipinski definition) is 0. The van der Waals surface area contributed by atoms with Crippen molar-refractivity contribution < 1.29 is 13.9 Å². The fourth-order valence-corrected chi connectivity index (χ4v) is 2.92. The van der Waals surface area contributed by atoms with E-state index in [0.29, 0.717) is 12.1 Å². The van der Waals surface area contributed by atoms with Crippen molar-refractivity contribution in [1.82, 2.24) is 9.55 Å². The number of alkyl halides is 1. The van der Waals surface area contributed by atoms with E-state index in [1.165, 1.54) is 13.2 Å². The van der Waals surface area contributed by atoms with E-state index in [4.69, 9.17) is 21.1 Å². The van der Waals surface area contributed by atoms with Crippen LogP contribution in [0.15, 0.2) is 12.1 Å². The quantitative estimate of drug-likeness (QED) is 0.816. The van der Waals surface area contributed by atoms with Gasteiger partial charge in [0.1, 0.15) is 5.82 Å². The molecule has 3 rings (SSSR count). The molecule has 0 radical (unpaired) electrons. The highest BCUT2D eigenvalue weighted by atomic mass is 35.5. The van der Waals surface area contributed by atoms with Crippen LogP contribution in [0.1, 0.15) is 24.7 Å². The van der Waals surface area contributed by atoms with Crippen LogP contribution in [-0.4, -0.2) is 29.9 Å². The molecule has 1 fully saturated rings. The molecule has 1 aromatic carbocycles. The molecule has 6 heteroatoms. The Morgan fingerprint density at radius 3 is 3.05 bits per heavy atom. The Kier molecular flexibility index (Phi) is 3.81. The number of rotatable bonds is 3. The lowest BCUT2D eigenvalue weighted by Crippen LogP contribution is -2.22. The summed E-state index contributed by atoms with van der Waals surface area (Å²) in [5, 5.41) is 0. The second kappa shape index (κ2) is 5.58. The van der Waals surface area contributed by atoms with Gasteiger partial charge in [-0.25, -0.2) is 9.37 Å². The zero-order valence-electron chi connectivity index (χ0n) is 11.2. The second-order valence-electron chi connectivity index (χ2n) is 4.88. The Balaban J connectivity index is 2.16. The standard InChI is InChI=1S/C14H16ClFN2O2/c1-19-13-6-12-11(5-10(13)16)17-14(7-15)18(12)9-3-2-4-20-8-9/h5-6,9H,2-4,7-8H2,1H3. The first-order valence-electron chi connectivity index (χ1n) is 6.62. The number of nitrogens with zero attached hydrogens (tertiary/aromatic N) is 2. The first kappa shape index (κ1) is 13.6. The third-order valence-corrected chi connectivity index (χ3v) is 3.90. The van der Waals surface area contributed by atoms with Crippen LogP contribution < -0.4 is 4.74 Å². The van der Waals surface area contributed by atoms with Crippen LogP contribution >= 0.6 is 11.6 Å². The zero-order chi connectivity index (χ0) is 14.1. The summed E-state index contributed by atoms with van der Waals surface area (Å²) in [5.74, 6) is 0.835. The van der Waals surface area contributed by atoms with E-state index in [1.807, 2.05) is 0 Å². The molecule has 0 N–H and O–H groups in total.